The summed E-state index contributed by atoms with van der Waals surface area (Å²) >= 11 is 0. The molecule has 2 atom stereocenters. The van der Waals surface area contributed by atoms with E-state index >= 15 is 0 Å². The Bertz CT molecular complexity index is 890. The predicted octanol–water partition coefficient (Wildman–Crippen LogP) is 3.15. The van der Waals surface area contributed by atoms with Crippen LogP contribution in [-0.4, -0.2) is 38.3 Å². The summed E-state index contributed by atoms with van der Waals surface area (Å²) in [5.74, 6) is 0.0709. The van der Waals surface area contributed by atoms with Gasteiger partial charge in [-0.05, 0) is 30.9 Å². The van der Waals surface area contributed by atoms with Crippen LogP contribution in [0.5, 0.6) is 0 Å². The number of hydrogen-bond donors (Lipinski definition) is 1. The molecular formula is C21H23N3O2. The maximum Gasteiger partial charge on any atom is 0.244 e. The van der Waals surface area contributed by atoms with Crippen molar-refractivity contribution in [2.24, 2.45) is 0 Å². The molecule has 1 fully saturated rings. The van der Waals surface area contributed by atoms with E-state index in [1.165, 1.54) is 0 Å². The summed E-state index contributed by atoms with van der Waals surface area (Å²) in [5.41, 5.74) is 1.88. The van der Waals surface area contributed by atoms with Gasteiger partial charge in [0, 0.05) is 18.0 Å². The topological polar surface area (TPSA) is 58.4 Å². The van der Waals surface area contributed by atoms with Crippen LogP contribution in [0.3, 0.4) is 0 Å². The molecule has 0 spiro atoms. The first-order valence-electron chi connectivity index (χ1n) is 9.15. The number of amides is 1. The third-order valence-electron chi connectivity index (χ3n) is 5.21. The number of rotatable bonds is 5. The average Bonchev–Trinajstić information content (AvgIpc) is 3.30. The van der Waals surface area contributed by atoms with Gasteiger partial charge in [0.25, 0.3) is 0 Å². The summed E-state index contributed by atoms with van der Waals surface area (Å²) in [6.45, 7) is 0.996. The highest BCUT2D eigenvalue weighted by atomic mass is 16.3. The molecule has 0 unspecified atom stereocenters. The number of para-hydroxylation sites is 1. The van der Waals surface area contributed by atoms with E-state index in [0.717, 1.165) is 35.9 Å². The summed E-state index contributed by atoms with van der Waals surface area (Å²) < 4.78 is 1.76. The molecule has 2 heterocycles. The van der Waals surface area contributed by atoms with Gasteiger partial charge in [0.2, 0.25) is 5.91 Å². The lowest BCUT2D eigenvalue weighted by molar-refractivity contribution is -0.133. The van der Waals surface area contributed by atoms with E-state index in [1.54, 1.807) is 10.9 Å². The first-order valence-corrected chi connectivity index (χ1v) is 9.15. The zero-order valence-corrected chi connectivity index (χ0v) is 14.7. The number of fused-ring (bicyclic) bond motifs is 1. The number of hydrogen-bond acceptors (Lipinski definition) is 3. The lowest BCUT2D eigenvalue weighted by Crippen LogP contribution is -2.38. The molecular weight excluding hydrogens is 326 g/mol. The molecule has 1 saturated heterocycles. The fraction of sp³-hybridized carbons (Fsp3) is 0.333. The second kappa shape index (κ2) is 7.30. The minimum Gasteiger partial charge on any atom is -0.388 e. The number of carbonyl (C=O) groups is 1. The van der Waals surface area contributed by atoms with E-state index in [2.05, 4.69) is 5.10 Å². The second-order valence-corrected chi connectivity index (χ2v) is 6.91. The Morgan fingerprint density at radius 1 is 1.15 bits per heavy atom. The summed E-state index contributed by atoms with van der Waals surface area (Å²) in [6, 6.07) is 17.7. The van der Waals surface area contributed by atoms with Crippen LogP contribution < -0.4 is 0 Å². The molecule has 5 nitrogen and oxygen atoms in total. The van der Waals surface area contributed by atoms with Crippen LogP contribution in [0.2, 0.25) is 0 Å². The van der Waals surface area contributed by atoms with E-state index in [0.29, 0.717) is 6.42 Å². The Hall–Kier alpha value is -2.66. The maximum atomic E-state index is 12.9. The van der Waals surface area contributed by atoms with E-state index < -0.39 is 6.10 Å². The molecule has 0 bridgehead atoms. The van der Waals surface area contributed by atoms with Crippen molar-refractivity contribution in [2.45, 2.75) is 38.0 Å². The van der Waals surface area contributed by atoms with Crippen molar-refractivity contribution in [2.75, 3.05) is 6.54 Å². The van der Waals surface area contributed by atoms with Crippen LogP contribution in [0.4, 0.5) is 0 Å². The zero-order chi connectivity index (χ0) is 17.9. The smallest absolute Gasteiger partial charge is 0.244 e. The zero-order valence-electron chi connectivity index (χ0n) is 14.7. The van der Waals surface area contributed by atoms with E-state index in [9.17, 15) is 9.90 Å². The van der Waals surface area contributed by atoms with Gasteiger partial charge < -0.3 is 10.0 Å². The van der Waals surface area contributed by atoms with Gasteiger partial charge in [-0.15, -0.1) is 0 Å². The number of likely N-dealkylation sites (tertiary alicyclic amines) is 1. The minimum atomic E-state index is -0.542. The van der Waals surface area contributed by atoms with Crippen LogP contribution in [0.15, 0.2) is 60.8 Å². The molecule has 0 saturated carbocycles. The average molecular weight is 349 g/mol. The lowest BCUT2D eigenvalue weighted by Gasteiger charge is -2.27. The monoisotopic (exact) mass is 349 g/mol. The van der Waals surface area contributed by atoms with Crippen LogP contribution in [-0.2, 0) is 11.3 Å². The van der Waals surface area contributed by atoms with Gasteiger partial charge in [-0.1, -0.05) is 48.5 Å². The SMILES string of the molecule is O=C(Cn1ncc2ccccc21)N1CCC[C@@H]1C[C@H](O)c1ccccc1. The molecule has 0 radical (unpaired) electrons. The van der Waals surface area contributed by atoms with Crippen molar-refractivity contribution in [1.82, 2.24) is 14.7 Å². The number of nitrogens with zero attached hydrogens (tertiary/aromatic N) is 3. The highest BCUT2D eigenvalue weighted by Crippen LogP contribution is 2.27. The molecule has 5 heteroatoms. The van der Waals surface area contributed by atoms with Crippen molar-refractivity contribution >= 4 is 16.8 Å². The van der Waals surface area contributed by atoms with E-state index in [-0.39, 0.29) is 18.5 Å². The van der Waals surface area contributed by atoms with Gasteiger partial charge in [0.15, 0.2) is 0 Å². The van der Waals surface area contributed by atoms with Crippen molar-refractivity contribution < 1.29 is 9.90 Å². The van der Waals surface area contributed by atoms with Crippen LogP contribution in [0.1, 0.15) is 30.9 Å². The predicted molar refractivity (Wildman–Crippen MR) is 100 cm³/mol. The fourth-order valence-corrected chi connectivity index (χ4v) is 3.85. The first-order chi connectivity index (χ1) is 12.7. The molecule has 1 aliphatic heterocycles. The molecule has 1 aromatic heterocycles. The Morgan fingerprint density at radius 2 is 1.92 bits per heavy atom. The van der Waals surface area contributed by atoms with Crippen LogP contribution in [0, 0.1) is 0 Å². The van der Waals surface area contributed by atoms with Gasteiger partial charge >= 0.3 is 0 Å². The van der Waals surface area contributed by atoms with E-state index in [4.69, 9.17) is 0 Å². The molecule has 1 amide bonds. The first kappa shape index (κ1) is 16.8. The number of aliphatic hydroxyl groups is 1. The maximum absolute atomic E-state index is 12.9. The quantitative estimate of drug-likeness (QED) is 0.770. The minimum absolute atomic E-state index is 0.0709. The Labute approximate surface area is 152 Å². The summed E-state index contributed by atoms with van der Waals surface area (Å²) in [5, 5.41) is 15.9. The molecule has 26 heavy (non-hydrogen) atoms. The third-order valence-corrected chi connectivity index (χ3v) is 5.21. The van der Waals surface area contributed by atoms with Gasteiger partial charge in [0.05, 0.1) is 17.8 Å². The summed E-state index contributed by atoms with van der Waals surface area (Å²) in [6.07, 6.45) is 3.76. The molecule has 4 rings (SSSR count). The molecule has 1 N–H and O–H groups in total. The number of aliphatic hydroxyl groups excluding tert-OH is 1. The Morgan fingerprint density at radius 3 is 2.77 bits per heavy atom. The fourth-order valence-electron chi connectivity index (χ4n) is 3.85. The van der Waals surface area contributed by atoms with Crippen molar-refractivity contribution in [3.05, 3.63) is 66.4 Å². The van der Waals surface area contributed by atoms with Crippen molar-refractivity contribution in [1.29, 1.82) is 0 Å². The molecule has 3 aromatic rings. The molecule has 134 valence electrons. The Balaban J connectivity index is 1.45. The third kappa shape index (κ3) is 3.35. The van der Waals surface area contributed by atoms with Crippen LogP contribution in [0.25, 0.3) is 10.9 Å². The van der Waals surface area contributed by atoms with Crippen molar-refractivity contribution in [3.8, 4) is 0 Å². The van der Waals surface area contributed by atoms with Gasteiger partial charge in [-0.3, -0.25) is 9.48 Å². The normalized spacial score (nSPS) is 18.3. The van der Waals surface area contributed by atoms with Gasteiger partial charge in [-0.2, -0.15) is 5.10 Å². The number of aromatic nitrogens is 2. The number of carbonyl (C=O) groups excluding carboxylic acids is 1. The standard InChI is InChI=1S/C21H23N3O2/c25-20(16-7-2-1-3-8-16)13-18-10-6-12-23(18)21(26)15-24-19-11-5-4-9-17(19)14-22-24/h1-5,7-9,11,14,18,20,25H,6,10,12-13,15H2/t18-,20+/m1/s1. The number of benzene rings is 2. The van der Waals surface area contributed by atoms with Crippen molar-refractivity contribution in [3.63, 3.8) is 0 Å². The molecule has 1 aliphatic rings. The Kier molecular flexibility index (Phi) is 4.71. The summed E-state index contributed by atoms with van der Waals surface area (Å²) in [7, 11) is 0. The van der Waals surface area contributed by atoms with E-state index in [1.807, 2.05) is 59.5 Å². The second-order valence-electron chi connectivity index (χ2n) is 6.91. The van der Waals surface area contributed by atoms with Gasteiger partial charge in [0.1, 0.15) is 6.54 Å². The highest BCUT2D eigenvalue weighted by Gasteiger charge is 2.30. The van der Waals surface area contributed by atoms with Crippen LogP contribution >= 0.6 is 0 Å². The summed E-state index contributed by atoms with van der Waals surface area (Å²) in [4.78, 5) is 14.8. The molecule has 2 aromatic carbocycles. The molecule has 0 aliphatic carbocycles. The largest absolute Gasteiger partial charge is 0.388 e. The lowest BCUT2D eigenvalue weighted by atomic mass is 10.0. The highest BCUT2D eigenvalue weighted by molar-refractivity contribution is 5.82. The van der Waals surface area contributed by atoms with Gasteiger partial charge in [-0.25, -0.2) is 0 Å².